The Balaban J connectivity index is 1.43. The zero-order valence-corrected chi connectivity index (χ0v) is 14.8. The van der Waals surface area contributed by atoms with Crippen LogP contribution in [0, 0.1) is 0 Å². The Hall–Kier alpha value is -1.98. The van der Waals surface area contributed by atoms with E-state index in [9.17, 15) is 0 Å². The van der Waals surface area contributed by atoms with E-state index in [-0.39, 0.29) is 0 Å². The van der Waals surface area contributed by atoms with Crippen molar-refractivity contribution in [1.82, 2.24) is 25.3 Å². The van der Waals surface area contributed by atoms with Gasteiger partial charge in [-0.1, -0.05) is 25.4 Å². The molecule has 24 heavy (non-hydrogen) atoms. The molecule has 0 aliphatic rings. The Labute approximate surface area is 146 Å². The second-order valence-electron chi connectivity index (χ2n) is 6.23. The van der Waals surface area contributed by atoms with Crippen LogP contribution >= 0.6 is 11.6 Å². The van der Waals surface area contributed by atoms with Crippen LogP contribution in [-0.4, -0.2) is 26.5 Å². The lowest BCUT2D eigenvalue weighted by atomic mass is 10.2. The maximum atomic E-state index is 5.99. The summed E-state index contributed by atoms with van der Waals surface area (Å²) < 4.78 is 0. The molecule has 0 aliphatic carbocycles. The number of H-pyrrole nitrogens is 1. The third-order valence-electron chi connectivity index (χ3n) is 3.83. The summed E-state index contributed by atoms with van der Waals surface area (Å²) in [5.41, 5.74) is 3.07. The lowest BCUT2D eigenvalue weighted by molar-refractivity contribution is 0.637. The van der Waals surface area contributed by atoms with Crippen LogP contribution in [0.2, 0.25) is 5.02 Å². The summed E-state index contributed by atoms with van der Waals surface area (Å²) in [6.45, 7) is 5.90. The first-order valence-corrected chi connectivity index (χ1v) is 8.65. The van der Waals surface area contributed by atoms with E-state index in [0.717, 1.165) is 59.2 Å². The van der Waals surface area contributed by atoms with Gasteiger partial charge in [-0.05, 0) is 31.2 Å². The average molecular weight is 344 g/mol. The molecule has 3 aromatic rings. The Morgan fingerprint density at radius 1 is 1.21 bits per heavy atom. The van der Waals surface area contributed by atoms with Crippen LogP contribution in [0.25, 0.3) is 11.0 Å². The monoisotopic (exact) mass is 343 g/mol. The fraction of sp³-hybridized carbons (Fsp3) is 0.389. The van der Waals surface area contributed by atoms with E-state index in [2.05, 4.69) is 39.1 Å². The number of aromatic nitrogens is 4. The highest BCUT2D eigenvalue weighted by Gasteiger charge is 2.04. The minimum atomic E-state index is 0.366. The summed E-state index contributed by atoms with van der Waals surface area (Å²) in [7, 11) is 0. The first-order chi connectivity index (χ1) is 11.6. The molecular formula is C18H22ClN5. The third kappa shape index (κ3) is 4.30. The van der Waals surface area contributed by atoms with Gasteiger partial charge in [0.15, 0.2) is 0 Å². The van der Waals surface area contributed by atoms with Gasteiger partial charge >= 0.3 is 0 Å². The standard InChI is InChI=1S/C18H22ClN5/c1-12(2)18-21-10-13(11-22-18)9-20-7-3-4-17-23-15-6-5-14(19)8-16(15)24-17/h5-6,8,10-12,20H,3-4,7,9H2,1-2H3,(H,23,24). The molecule has 2 aromatic heterocycles. The quantitative estimate of drug-likeness (QED) is 0.639. The Kier molecular flexibility index (Phi) is 5.43. The zero-order valence-electron chi connectivity index (χ0n) is 14.0. The summed E-state index contributed by atoms with van der Waals surface area (Å²) in [6.07, 6.45) is 5.72. The van der Waals surface area contributed by atoms with E-state index in [0.29, 0.717) is 5.92 Å². The molecule has 1 aromatic carbocycles. The van der Waals surface area contributed by atoms with Crippen molar-refractivity contribution in [3.63, 3.8) is 0 Å². The molecule has 0 aliphatic heterocycles. The molecule has 0 spiro atoms. The van der Waals surface area contributed by atoms with Crippen molar-refractivity contribution < 1.29 is 0 Å². The number of benzene rings is 1. The van der Waals surface area contributed by atoms with Crippen molar-refractivity contribution in [2.75, 3.05) is 6.54 Å². The number of rotatable bonds is 7. The van der Waals surface area contributed by atoms with E-state index in [4.69, 9.17) is 11.6 Å². The number of halogens is 1. The number of nitrogens with zero attached hydrogens (tertiary/aromatic N) is 3. The predicted molar refractivity (Wildman–Crippen MR) is 97.3 cm³/mol. The molecule has 0 saturated heterocycles. The van der Waals surface area contributed by atoms with Gasteiger partial charge in [0.2, 0.25) is 0 Å². The Morgan fingerprint density at radius 2 is 2.00 bits per heavy atom. The molecule has 0 atom stereocenters. The van der Waals surface area contributed by atoms with Crippen molar-refractivity contribution in [1.29, 1.82) is 0 Å². The molecule has 0 bridgehead atoms. The maximum Gasteiger partial charge on any atom is 0.130 e. The molecule has 2 heterocycles. The van der Waals surface area contributed by atoms with Crippen LogP contribution in [0.1, 0.15) is 43.4 Å². The summed E-state index contributed by atoms with van der Waals surface area (Å²) in [4.78, 5) is 16.7. The van der Waals surface area contributed by atoms with Crippen LogP contribution in [-0.2, 0) is 13.0 Å². The van der Waals surface area contributed by atoms with Gasteiger partial charge in [0.05, 0.1) is 11.0 Å². The SMILES string of the molecule is CC(C)c1ncc(CNCCCc2nc3ccc(Cl)cc3[nH]2)cn1. The number of aryl methyl sites for hydroxylation is 1. The third-order valence-corrected chi connectivity index (χ3v) is 4.07. The molecule has 2 N–H and O–H groups in total. The lowest BCUT2D eigenvalue weighted by Crippen LogP contribution is -2.16. The minimum absolute atomic E-state index is 0.366. The van der Waals surface area contributed by atoms with E-state index in [1.54, 1.807) is 0 Å². The Morgan fingerprint density at radius 3 is 2.75 bits per heavy atom. The van der Waals surface area contributed by atoms with Crippen LogP contribution in [0.3, 0.4) is 0 Å². The molecule has 0 unspecified atom stereocenters. The fourth-order valence-corrected chi connectivity index (χ4v) is 2.69. The minimum Gasteiger partial charge on any atom is -0.342 e. The highest BCUT2D eigenvalue weighted by Crippen LogP contribution is 2.17. The van der Waals surface area contributed by atoms with E-state index in [1.807, 2.05) is 30.6 Å². The van der Waals surface area contributed by atoms with Gasteiger partial charge in [0.25, 0.3) is 0 Å². The molecule has 0 saturated carbocycles. The normalized spacial score (nSPS) is 11.5. The number of hydrogen-bond donors (Lipinski definition) is 2. The highest BCUT2D eigenvalue weighted by molar-refractivity contribution is 6.31. The highest BCUT2D eigenvalue weighted by atomic mass is 35.5. The zero-order chi connectivity index (χ0) is 16.9. The number of aromatic amines is 1. The number of hydrogen-bond acceptors (Lipinski definition) is 4. The van der Waals surface area contributed by atoms with Gasteiger partial charge in [-0.25, -0.2) is 15.0 Å². The molecule has 0 fully saturated rings. The molecule has 0 radical (unpaired) electrons. The van der Waals surface area contributed by atoms with Crippen molar-refractivity contribution >= 4 is 22.6 Å². The van der Waals surface area contributed by atoms with Crippen LogP contribution in [0.15, 0.2) is 30.6 Å². The van der Waals surface area contributed by atoms with Crippen LogP contribution < -0.4 is 5.32 Å². The topological polar surface area (TPSA) is 66.5 Å². The molecule has 6 heteroatoms. The van der Waals surface area contributed by atoms with Gasteiger partial charge in [-0.15, -0.1) is 0 Å². The second-order valence-corrected chi connectivity index (χ2v) is 6.67. The number of fused-ring (bicyclic) bond motifs is 1. The van der Waals surface area contributed by atoms with Crippen molar-refractivity contribution in [2.45, 2.75) is 39.2 Å². The summed E-state index contributed by atoms with van der Waals surface area (Å²) in [5.74, 6) is 2.26. The van der Waals surface area contributed by atoms with Crippen LogP contribution in [0.4, 0.5) is 0 Å². The van der Waals surface area contributed by atoms with Gasteiger partial charge in [-0.2, -0.15) is 0 Å². The van der Waals surface area contributed by atoms with E-state index >= 15 is 0 Å². The lowest BCUT2D eigenvalue weighted by Gasteiger charge is -2.06. The van der Waals surface area contributed by atoms with Crippen molar-refractivity contribution in [2.24, 2.45) is 0 Å². The van der Waals surface area contributed by atoms with E-state index in [1.165, 1.54) is 0 Å². The van der Waals surface area contributed by atoms with Crippen molar-refractivity contribution in [3.8, 4) is 0 Å². The first-order valence-electron chi connectivity index (χ1n) is 8.27. The van der Waals surface area contributed by atoms with E-state index < -0.39 is 0 Å². The summed E-state index contributed by atoms with van der Waals surface area (Å²) >= 11 is 5.99. The molecular weight excluding hydrogens is 322 g/mol. The molecule has 126 valence electrons. The van der Waals surface area contributed by atoms with Gasteiger partial charge in [0.1, 0.15) is 11.6 Å². The smallest absolute Gasteiger partial charge is 0.130 e. The number of nitrogens with one attached hydrogen (secondary N) is 2. The summed E-state index contributed by atoms with van der Waals surface area (Å²) in [5, 5.41) is 4.15. The number of imidazole rings is 1. The molecule has 5 nitrogen and oxygen atoms in total. The maximum absolute atomic E-state index is 5.99. The second kappa shape index (κ2) is 7.73. The first kappa shape index (κ1) is 16.9. The Bertz CT molecular complexity index is 795. The molecule has 0 amide bonds. The average Bonchev–Trinajstić information content (AvgIpc) is 2.96. The van der Waals surface area contributed by atoms with Gasteiger partial charge in [-0.3, -0.25) is 0 Å². The van der Waals surface area contributed by atoms with Crippen molar-refractivity contribution in [3.05, 3.63) is 52.8 Å². The van der Waals surface area contributed by atoms with Crippen LogP contribution in [0.5, 0.6) is 0 Å². The largest absolute Gasteiger partial charge is 0.342 e. The predicted octanol–water partition coefficient (Wildman–Crippen LogP) is 3.85. The van der Waals surface area contributed by atoms with Gasteiger partial charge < -0.3 is 10.3 Å². The van der Waals surface area contributed by atoms with Gasteiger partial charge in [0, 0.05) is 41.9 Å². The summed E-state index contributed by atoms with van der Waals surface area (Å²) in [6, 6.07) is 5.71. The fourth-order valence-electron chi connectivity index (χ4n) is 2.52. The molecule has 3 rings (SSSR count).